The van der Waals surface area contributed by atoms with Gasteiger partial charge in [0.05, 0.1) is 0 Å². The first-order valence-electron chi connectivity index (χ1n) is 6.10. The maximum atomic E-state index is 13.4. The Morgan fingerprint density at radius 2 is 1.36 bits per heavy atom. The Labute approximate surface area is 120 Å². The normalized spacial score (nSPS) is 22.8. The maximum Gasteiger partial charge on any atom is 0.459 e. The molecular formula is C12H13F7O3. The topological polar surface area (TPSA) is 54.4 Å². The molecule has 1 N–H and O–H groups in total. The van der Waals surface area contributed by atoms with Crippen molar-refractivity contribution in [1.29, 1.82) is 0 Å². The summed E-state index contributed by atoms with van der Waals surface area (Å²) in [6, 6.07) is 0. The van der Waals surface area contributed by atoms with Crippen LogP contribution in [-0.4, -0.2) is 40.8 Å². The highest BCUT2D eigenvalue weighted by Gasteiger charge is 2.76. The lowest BCUT2D eigenvalue weighted by molar-refractivity contribution is -0.372. The highest BCUT2D eigenvalue weighted by molar-refractivity contribution is 6.05. The molecule has 0 saturated heterocycles. The first-order valence-corrected chi connectivity index (χ1v) is 6.10. The van der Waals surface area contributed by atoms with E-state index in [1.54, 1.807) is 0 Å². The Kier molecular flexibility index (Phi) is 4.43. The van der Waals surface area contributed by atoms with Gasteiger partial charge in [0, 0.05) is 12.8 Å². The van der Waals surface area contributed by atoms with E-state index in [-0.39, 0.29) is 0 Å². The molecule has 0 radical (unpaired) electrons. The summed E-state index contributed by atoms with van der Waals surface area (Å²) >= 11 is 0. The van der Waals surface area contributed by atoms with Gasteiger partial charge in [-0.2, -0.15) is 30.7 Å². The Balaban J connectivity index is 3.17. The minimum atomic E-state index is -6.64. The largest absolute Gasteiger partial charge is 0.459 e. The molecule has 0 aliphatic heterocycles. The molecule has 1 atom stereocenters. The van der Waals surface area contributed by atoms with Gasteiger partial charge in [0.1, 0.15) is 23.6 Å². The number of aliphatic hydroxyl groups excluding tert-OH is 1. The zero-order valence-corrected chi connectivity index (χ0v) is 11.5. The predicted molar refractivity (Wildman–Crippen MR) is 58.5 cm³/mol. The van der Waals surface area contributed by atoms with Crippen LogP contribution in [0.4, 0.5) is 30.7 Å². The molecule has 0 aromatic carbocycles. The summed E-state index contributed by atoms with van der Waals surface area (Å²) in [5, 5.41) is 9.24. The van der Waals surface area contributed by atoms with Crippen LogP contribution in [0.5, 0.6) is 0 Å². The molecule has 0 spiro atoms. The van der Waals surface area contributed by atoms with Crippen LogP contribution >= 0.6 is 0 Å². The van der Waals surface area contributed by atoms with E-state index in [4.69, 9.17) is 0 Å². The van der Waals surface area contributed by atoms with E-state index in [2.05, 4.69) is 0 Å². The smallest absolute Gasteiger partial charge is 0.385 e. The van der Waals surface area contributed by atoms with Gasteiger partial charge >= 0.3 is 18.0 Å². The third kappa shape index (κ3) is 2.97. The summed E-state index contributed by atoms with van der Waals surface area (Å²) in [6.07, 6.45) is -11.4. The molecule has 22 heavy (non-hydrogen) atoms. The van der Waals surface area contributed by atoms with Gasteiger partial charge in [-0.3, -0.25) is 9.59 Å². The number of ketones is 2. The van der Waals surface area contributed by atoms with Gasteiger partial charge in [-0.05, 0) is 5.41 Å². The van der Waals surface area contributed by atoms with Crippen LogP contribution in [0.3, 0.4) is 0 Å². The molecule has 1 aliphatic carbocycles. The van der Waals surface area contributed by atoms with Crippen molar-refractivity contribution in [3.63, 3.8) is 0 Å². The second-order valence-corrected chi connectivity index (χ2v) is 6.07. The summed E-state index contributed by atoms with van der Waals surface area (Å²) < 4.78 is 88.7. The number of Topliss-reactive ketones (excluding diaryl/α,β-unsaturated/α-hetero) is 2. The van der Waals surface area contributed by atoms with Gasteiger partial charge in [-0.1, -0.05) is 13.8 Å². The lowest BCUT2D eigenvalue weighted by Gasteiger charge is -2.38. The maximum absolute atomic E-state index is 13.4. The average molecular weight is 338 g/mol. The SMILES string of the molecule is CC1(C)CC(=O)C(C(O)C(F)(F)C(F)(F)C(F)(F)F)C(=O)C1. The number of halogens is 7. The fourth-order valence-corrected chi connectivity index (χ4v) is 2.34. The number of alkyl halides is 7. The number of rotatable bonds is 3. The van der Waals surface area contributed by atoms with Crippen LogP contribution in [0.2, 0.25) is 0 Å². The summed E-state index contributed by atoms with van der Waals surface area (Å²) in [5.41, 5.74) is -0.938. The van der Waals surface area contributed by atoms with Crippen molar-refractivity contribution in [2.45, 2.75) is 50.8 Å². The van der Waals surface area contributed by atoms with E-state index >= 15 is 0 Å². The van der Waals surface area contributed by atoms with E-state index in [0.717, 1.165) is 0 Å². The van der Waals surface area contributed by atoms with Gasteiger partial charge in [0.15, 0.2) is 0 Å². The minimum absolute atomic E-state index is 0.492. The van der Waals surface area contributed by atoms with Crippen LogP contribution in [0, 0.1) is 11.3 Å². The van der Waals surface area contributed by atoms with E-state index in [0.29, 0.717) is 0 Å². The third-order valence-corrected chi connectivity index (χ3v) is 3.46. The molecule has 0 aromatic heterocycles. The lowest BCUT2D eigenvalue weighted by atomic mass is 9.69. The first kappa shape index (κ1) is 18.9. The third-order valence-electron chi connectivity index (χ3n) is 3.46. The van der Waals surface area contributed by atoms with E-state index in [1.165, 1.54) is 13.8 Å². The van der Waals surface area contributed by atoms with Gasteiger partial charge in [-0.25, -0.2) is 0 Å². The summed E-state index contributed by atoms with van der Waals surface area (Å²) in [6.45, 7) is 2.85. The molecule has 10 heteroatoms. The van der Waals surface area contributed by atoms with Crippen molar-refractivity contribution in [3.8, 4) is 0 Å². The second kappa shape index (κ2) is 5.17. The minimum Gasteiger partial charge on any atom is -0.385 e. The van der Waals surface area contributed by atoms with E-state index in [1.807, 2.05) is 0 Å². The molecule has 3 nitrogen and oxygen atoms in total. The molecule has 1 fully saturated rings. The highest BCUT2D eigenvalue weighted by Crippen LogP contribution is 2.50. The molecular weight excluding hydrogens is 325 g/mol. The number of aliphatic hydroxyl groups is 1. The molecule has 1 aliphatic rings. The van der Waals surface area contributed by atoms with Crippen molar-refractivity contribution < 1.29 is 45.4 Å². The van der Waals surface area contributed by atoms with Crippen LogP contribution in [0.1, 0.15) is 26.7 Å². The Morgan fingerprint density at radius 1 is 1.00 bits per heavy atom. The monoisotopic (exact) mass is 338 g/mol. The molecule has 128 valence electrons. The number of carbonyl (C=O) groups is 2. The molecule has 1 saturated carbocycles. The number of hydrogen-bond donors (Lipinski definition) is 1. The number of carbonyl (C=O) groups excluding carboxylic acids is 2. The van der Waals surface area contributed by atoms with Crippen molar-refractivity contribution in [3.05, 3.63) is 0 Å². The van der Waals surface area contributed by atoms with Crippen molar-refractivity contribution in [2.24, 2.45) is 11.3 Å². The Bertz CT molecular complexity index is 462. The lowest BCUT2D eigenvalue weighted by Crippen LogP contribution is -2.62. The van der Waals surface area contributed by atoms with E-state index < -0.39 is 59.9 Å². The fraction of sp³-hybridized carbons (Fsp3) is 0.833. The average Bonchev–Trinajstić information content (AvgIpc) is 2.23. The van der Waals surface area contributed by atoms with Crippen LogP contribution in [-0.2, 0) is 9.59 Å². The molecule has 0 aromatic rings. The quantitative estimate of drug-likeness (QED) is 0.636. The van der Waals surface area contributed by atoms with E-state index in [9.17, 15) is 45.4 Å². The van der Waals surface area contributed by atoms with Crippen molar-refractivity contribution in [2.75, 3.05) is 0 Å². The van der Waals surface area contributed by atoms with Crippen molar-refractivity contribution >= 4 is 11.6 Å². The zero-order valence-electron chi connectivity index (χ0n) is 11.5. The highest BCUT2D eigenvalue weighted by atomic mass is 19.4. The van der Waals surface area contributed by atoms with Gasteiger partial charge < -0.3 is 5.11 Å². The molecule has 1 rings (SSSR count). The summed E-state index contributed by atoms with van der Waals surface area (Å²) in [7, 11) is 0. The molecule has 0 heterocycles. The summed E-state index contributed by atoms with van der Waals surface area (Å²) in [4.78, 5) is 23.3. The first-order chi connectivity index (χ1) is 9.54. The predicted octanol–water partition coefficient (Wildman–Crippen LogP) is 2.75. The fourth-order valence-electron chi connectivity index (χ4n) is 2.34. The Morgan fingerprint density at radius 3 is 1.68 bits per heavy atom. The van der Waals surface area contributed by atoms with Gasteiger partial charge in [0.25, 0.3) is 0 Å². The molecule has 1 unspecified atom stereocenters. The zero-order chi connectivity index (χ0) is 17.7. The van der Waals surface area contributed by atoms with Crippen molar-refractivity contribution in [1.82, 2.24) is 0 Å². The van der Waals surface area contributed by atoms with Crippen LogP contribution in [0.25, 0.3) is 0 Å². The molecule has 0 amide bonds. The Hall–Kier alpha value is -1.19. The van der Waals surface area contributed by atoms with Gasteiger partial charge in [0.2, 0.25) is 0 Å². The number of hydrogen-bond acceptors (Lipinski definition) is 3. The second-order valence-electron chi connectivity index (χ2n) is 6.07. The molecule has 0 bridgehead atoms. The van der Waals surface area contributed by atoms with Crippen LogP contribution in [0.15, 0.2) is 0 Å². The standard InChI is InChI=1S/C12H13F7O3/c1-9(2)3-5(20)7(6(21)4-9)8(22)10(13,14)11(15,16)12(17,18)19/h7-8,22H,3-4H2,1-2H3. The summed E-state index contributed by atoms with van der Waals surface area (Å²) in [5.74, 6) is -17.8. The van der Waals surface area contributed by atoms with Crippen LogP contribution < -0.4 is 0 Å². The van der Waals surface area contributed by atoms with Gasteiger partial charge in [-0.15, -0.1) is 0 Å².